The molecule has 0 amide bonds. The molecular weight excluding hydrogens is 202 g/mol. The average Bonchev–Trinajstić information content (AvgIpc) is 2.62. The van der Waals surface area contributed by atoms with Crippen molar-refractivity contribution in [3.8, 4) is 0 Å². The molecule has 2 N–H and O–H groups in total. The molecule has 0 aliphatic heterocycles. The van der Waals surface area contributed by atoms with Gasteiger partial charge in [0.2, 0.25) is 0 Å². The van der Waals surface area contributed by atoms with Gasteiger partial charge in [0.25, 0.3) is 0 Å². The van der Waals surface area contributed by atoms with Crippen LogP contribution in [-0.2, 0) is 6.42 Å². The number of hydrogen-bond donors (Lipinski definition) is 1. The van der Waals surface area contributed by atoms with Crippen molar-refractivity contribution in [2.75, 3.05) is 6.54 Å². The lowest BCUT2D eigenvalue weighted by Crippen LogP contribution is -2.02. The van der Waals surface area contributed by atoms with Gasteiger partial charge in [-0.3, -0.25) is 0 Å². The van der Waals surface area contributed by atoms with Crippen molar-refractivity contribution < 1.29 is 0 Å². The predicted octanol–water partition coefficient (Wildman–Crippen LogP) is 3.53. The summed E-state index contributed by atoms with van der Waals surface area (Å²) in [4.78, 5) is 0. The first kappa shape index (κ1) is 10.7. The van der Waals surface area contributed by atoms with Crippen molar-refractivity contribution in [3.63, 3.8) is 0 Å². The van der Waals surface area contributed by atoms with Gasteiger partial charge in [0.05, 0.1) is 0 Å². The summed E-state index contributed by atoms with van der Waals surface area (Å²) in [5.74, 6) is 0.604. The van der Waals surface area contributed by atoms with Crippen LogP contribution in [0.4, 0.5) is 0 Å². The van der Waals surface area contributed by atoms with Gasteiger partial charge in [-0.1, -0.05) is 32.0 Å². The summed E-state index contributed by atoms with van der Waals surface area (Å²) >= 11 is 1.85. The molecule has 1 aromatic carbocycles. The number of thiophene rings is 1. The van der Waals surface area contributed by atoms with Gasteiger partial charge in [0.15, 0.2) is 0 Å². The maximum atomic E-state index is 5.62. The van der Waals surface area contributed by atoms with Gasteiger partial charge >= 0.3 is 0 Å². The second kappa shape index (κ2) is 4.33. The van der Waals surface area contributed by atoms with E-state index in [9.17, 15) is 0 Å². The Kier molecular flexibility index (Phi) is 3.08. The Hall–Kier alpha value is -0.860. The van der Waals surface area contributed by atoms with Crippen molar-refractivity contribution in [2.24, 2.45) is 5.73 Å². The third-order valence-electron chi connectivity index (χ3n) is 2.75. The van der Waals surface area contributed by atoms with Crippen LogP contribution in [0.15, 0.2) is 23.6 Å². The zero-order chi connectivity index (χ0) is 10.8. The minimum atomic E-state index is 0.604. The predicted molar refractivity (Wildman–Crippen MR) is 68.7 cm³/mol. The Morgan fingerprint density at radius 3 is 2.80 bits per heavy atom. The second-order valence-corrected chi connectivity index (χ2v) is 5.06. The van der Waals surface area contributed by atoms with Gasteiger partial charge in [0, 0.05) is 4.70 Å². The van der Waals surface area contributed by atoms with Gasteiger partial charge in [-0.05, 0) is 40.8 Å². The van der Waals surface area contributed by atoms with Crippen LogP contribution in [0.2, 0.25) is 0 Å². The SMILES string of the molecule is CC(C)c1csc2c(CCN)cccc12. The monoisotopic (exact) mass is 219 g/mol. The first-order valence-corrected chi connectivity index (χ1v) is 6.31. The summed E-state index contributed by atoms with van der Waals surface area (Å²) in [6, 6.07) is 6.56. The number of rotatable bonds is 3. The molecule has 0 spiro atoms. The molecule has 0 aliphatic rings. The summed E-state index contributed by atoms with van der Waals surface area (Å²) in [5.41, 5.74) is 8.48. The third-order valence-corrected chi connectivity index (χ3v) is 3.84. The van der Waals surface area contributed by atoms with E-state index in [0.717, 1.165) is 13.0 Å². The van der Waals surface area contributed by atoms with Gasteiger partial charge in [0.1, 0.15) is 0 Å². The summed E-state index contributed by atoms with van der Waals surface area (Å²) in [7, 11) is 0. The van der Waals surface area contributed by atoms with Crippen LogP contribution in [0.3, 0.4) is 0 Å². The maximum absolute atomic E-state index is 5.62. The maximum Gasteiger partial charge on any atom is 0.0378 e. The Balaban J connectivity index is 2.58. The van der Waals surface area contributed by atoms with E-state index < -0.39 is 0 Å². The highest BCUT2D eigenvalue weighted by molar-refractivity contribution is 7.17. The van der Waals surface area contributed by atoms with Crippen LogP contribution in [0.5, 0.6) is 0 Å². The molecule has 0 aliphatic carbocycles. The Morgan fingerprint density at radius 2 is 2.13 bits per heavy atom. The summed E-state index contributed by atoms with van der Waals surface area (Å²) in [6.07, 6.45) is 0.982. The Labute approximate surface area is 94.9 Å². The summed E-state index contributed by atoms with van der Waals surface area (Å²) in [6.45, 7) is 5.22. The van der Waals surface area contributed by atoms with E-state index in [4.69, 9.17) is 5.73 Å². The molecule has 0 fully saturated rings. The van der Waals surface area contributed by atoms with E-state index in [1.54, 1.807) is 0 Å². The molecule has 2 heteroatoms. The quantitative estimate of drug-likeness (QED) is 0.839. The molecule has 0 saturated carbocycles. The fraction of sp³-hybridized carbons (Fsp3) is 0.385. The van der Waals surface area contributed by atoms with Crippen LogP contribution in [0, 0.1) is 0 Å². The summed E-state index contributed by atoms with van der Waals surface area (Å²) < 4.78 is 1.42. The first-order chi connectivity index (χ1) is 7.24. The van der Waals surface area contributed by atoms with Crippen molar-refractivity contribution in [2.45, 2.75) is 26.2 Å². The van der Waals surface area contributed by atoms with Crippen LogP contribution < -0.4 is 5.73 Å². The lowest BCUT2D eigenvalue weighted by molar-refractivity contribution is 0.880. The first-order valence-electron chi connectivity index (χ1n) is 5.43. The Bertz CT molecular complexity index is 457. The van der Waals surface area contributed by atoms with E-state index in [0.29, 0.717) is 5.92 Å². The molecule has 0 bridgehead atoms. The van der Waals surface area contributed by atoms with E-state index in [2.05, 4.69) is 37.4 Å². The van der Waals surface area contributed by atoms with Crippen molar-refractivity contribution in [3.05, 3.63) is 34.7 Å². The zero-order valence-electron chi connectivity index (χ0n) is 9.29. The molecule has 2 aromatic rings. The van der Waals surface area contributed by atoms with Gasteiger partial charge in [-0.2, -0.15) is 0 Å². The standard InChI is InChI=1S/C13H17NS/c1-9(2)12-8-15-13-10(6-7-14)4-3-5-11(12)13/h3-5,8-9H,6-7,14H2,1-2H3. The topological polar surface area (TPSA) is 26.0 Å². The van der Waals surface area contributed by atoms with E-state index in [1.165, 1.54) is 21.2 Å². The molecule has 0 unspecified atom stereocenters. The van der Waals surface area contributed by atoms with Gasteiger partial charge in [-0.15, -0.1) is 11.3 Å². The highest BCUT2D eigenvalue weighted by Crippen LogP contribution is 2.33. The van der Waals surface area contributed by atoms with Crippen LogP contribution in [0.1, 0.15) is 30.9 Å². The van der Waals surface area contributed by atoms with Crippen LogP contribution in [-0.4, -0.2) is 6.54 Å². The van der Waals surface area contributed by atoms with Gasteiger partial charge < -0.3 is 5.73 Å². The van der Waals surface area contributed by atoms with Gasteiger partial charge in [-0.25, -0.2) is 0 Å². The van der Waals surface area contributed by atoms with E-state index in [-0.39, 0.29) is 0 Å². The molecule has 1 aromatic heterocycles. The molecule has 0 saturated heterocycles. The molecule has 1 nitrogen and oxygen atoms in total. The largest absolute Gasteiger partial charge is 0.330 e. The fourth-order valence-electron chi connectivity index (χ4n) is 1.94. The minimum absolute atomic E-state index is 0.604. The lowest BCUT2D eigenvalue weighted by atomic mass is 10.0. The Morgan fingerprint density at radius 1 is 1.33 bits per heavy atom. The summed E-state index contributed by atoms with van der Waals surface area (Å²) in [5, 5.41) is 3.70. The van der Waals surface area contributed by atoms with Crippen molar-refractivity contribution >= 4 is 21.4 Å². The van der Waals surface area contributed by atoms with Crippen LogP contribution >= 0.6 is 11.3 Å². The molecule has 0 radical (unpaired) electrons. The zero-order valence-corrected chi connectivity index (χ0v) is 10.1. The number of nitrogens with two attached hydrogens (primary N) is 1. The minimum Gasteiger partial charge on any atom is -0.330 e. The van der Waals surface area contributed by atoms with Crippen LogP contribution in [0.25, 0.3) is 10.1 Å². The molecule has 15 heavy (non-hydrogen) atoms. The molecule has 80 valence electrons. The lowest BCUT2D eigenvalue weighted by Gasteiger charge is -2.04. The van der Waals surface area contributed by atoms with E-state index in [1.807, 2.05) is 11.3 Å². The number of fused-ring (bicyclic) bond motifs is 1. The van der Waals surface area contributed by atoms with Crippen molar-refractivity contribution in [1.29, 1.82) is 0 Å². The molecular formula is C13H17NS. The smallest absolute Gasteiger partial charge is 0.0378 e. The molecule has 0 atom stereocenters. The third kappa shape index (κ3) is 1.92. The number of hydrogen-bond acceptors (Lipinski definition) is 2. The molecule has 1 heterocycles. The van der Waals surface area contributed by atoms with Crippen molar-refractivity contribution in [1.82, 2.24) is 0 Å². The van der Waals surface area contributed by atoms with E-state index >= 15 is 0 Å². The average molecular weight is 219 g/mol. The second-order valence-electron chi connectivity index (χ2n) is 4.18. The fourth-order valence-corrected chi connectivity index (χ4v) is 3.21. The highest BCUT2D eigenvalue weighted by atomic mass is 32.1. The highest BCUT2D eigenvalue weighted by Gasteiger charge is 2.09. The normalized spacial score (nSPS) is 11.5. The number of benzene rings is 1. The molecule has 2 rings (SSSR count).